The number of carbonyl (C=O) groups excluding carboxylic acids is 1. The number of aliphatic hydroxyl groups excluding tert-OH is 1. The van der Waals surface area contributed by atoms with Gasteiger partial charge in [-0.2, -0.15) is 0 Å². The topological polar surface area (TPSA) is 37.3 Å². The molecule has 0 bridgehead atoms. The Morgan fingerprint density at radius 2 is 1.82 bits per heavy atom. The zero-order valence-corrected chi connectivity index (χ0v) is 7.01. The molecule has 0 fully saturated rings. The van der Waals surface area contributed by atoms with Crippen LogP contribution in [0.25, 0.3) is 0 Å². The summed E-state index contributed by atoms with van der Waals surface area (Å²) < 4.78 is 0. The highest BCUT2D eigenvalue weighted by atomic mass is 16.2. The van der Waals surface area contributed by atoms with E-state index in [4.69, 9.17) is 5.11 Å². The van der Waals surface area contributed by atoms with Crippen molar-refractivity contribution in [3.05, 3.63) is 6.92 Å². The Bertz CT molecular complexity index is 99.7. The Morgan fingerprint density at radius 1 is 1.18 bits per heavy atom. The molecule has 0 atom stereocenters. The van der Waals surface area contributed by atoms with Gasteiger partial charge >= 0.3 is 0 Å². The average molecular weight is 157 g/mol. The highest BCUT2D eigenvalue weighted by Crippen LogP contribution is 2.02. The summed E-state index contributed by atoms with van der Waals surface area (Å²) in [4.78, 5) is 11.0. The van der Waals surface area contributed by atoms with E-state index in [2.05, 4.69) is 6.92 Å². The van der Waals surface area contributed by atoms with E-state index < -0.39 is 0 Å². The molecule has 0 aromatic carbocycles. The Balaban J connectivity index is 3.09. The number of aliphatic hydroxyl groups is 1. The Hall–Kier alpha value is -0.370. The summed E-state index contributed by atoms with van der Waals surface area (Å²) >= 11 is 0. The minimum atomic E-state index is 0.197. The summed E-state index contributed by atoms with van der Waals surface area (Å²) in [5.41, 5.74) is 0. The lowest BCUT2D eigenvalue weighted by atomic mass is 10.1. The molecule has 11 heavy (non-hydrogen) atoms. The molecule has 0 aliphatic rings. The maximum atomic E-state index is 11.0. The van der Waals surface area contributed by atoms with Gasteiger partial charge in [0.2, 0.25) is 0 Å². The molecule has 0 aliphatic heterocycles. The number of carbonyl (C=O) groups is 1. The van der Waals surface area contributed by atoms with Gasteiger partial charge in [-0.1, -0.05) is 13.3 Å². The van der Waals surface area contributed by atoms with Gasteiger partial charge in [-0.05, 0) is 19.3 Å². The second-order valence-electron chi connectivity index (χ2n) is 2.68. The molecule has 1 radical (unpaired) electrons. The monoisotopic (exact) mass is 157 g/mol. The van der Waals surface area contributed by atoms with Crippen molar-refractivity contribution in [1.29, 1.82) is 0 Å². The van der Waals surface area contributed by atoms with E-state index in [0.717, 1.165) is 25.7 Å². The van der Waals surface area contributed by atoms with Gasteiger partial charge < -0.3 is 5.11 Å². The quantitative estimate of drug-likeness (QED) is 0.571. The summed E-state index contributed by atoms with van der Waals surface area (Å²) in [6.07, 6.45) is 4.60. The van der Waals surface area contributed by atoms with E-state index in [9.17, 15) is 4.79 Å². The van der Waals surface area contributed by atoms with Gasteiger partial charge in [0.15, 0.2) is 0 Å². The number of hydrogen-bond acceptors (Lipinski definition) is 2. The van der Waals surface area contributed by atoms with E-state index in [1.54, 1.807) is 0 Å². The van der Waals surface area contributed by atoms with Crippen LogP contribution in [0.5, 0.6) is 0 Å². The molecule has 0 aliphatic carbocycles. The predicted molar refractivity (Wildman–Crippen MR) is 45.2 cm³/mol. The maximum Gasteiger partial charge on any atom is 0.132 e. The normalized spacial score (nSPS) is 10.0. The molecule has 0 heterocycles. The predicted octanol–water partition coefficient (Wildman–Crippen LogP) is 1.72. The third-order valence-corrected chi connectivity index (χ3v) is 1.57. The van der Waals surface area contributed by atoms with Crippen LogP contribution in [0.15, 0.2) is 0 Å². The summed E-state index contributed by atoms with van der Waals surface area (Å²) in [6, 6.07) is 0. The highest BCUT2D eigenvalue weighted by Gasteiger charge is 1.99. The number of ketones is 1. The molecule has 0 aromatic rings. The van der Waals surface area contributed by atoms with Crippen molar-refractivity contribution in [3.63, 3.8) is 0 Å². The molecule has 65 valence electrons. The molecule has 2 heteroatoms. The Labute approximate surface area is 68.6 Å². The SMILES string of the molecule is [CH2]CCCC(=O)CCCCO. The van der Waals surface area contributed by atoms with Crippen LogP contribution < -0.4 is 0 Å². The summed E-state index contributed by atoms with van der Waals surface area (Å²) in [6.45, 7) is 3.86. The van der Waals surface area contributed by atoms with E-state index in [1.807, 2.05) is 0 Å². The second-order valence-corrected chi connectivity index (χ2v) is 2.68. The van der Waals surface area contributed by atoms with E-state index >= 15 is 0 Å². The lowest BCUT2D eigenvalue weighted by Crippen LogP contribution is -1.97. The third-order valence-electron chi connectivity index (χ3n) is 1.57. The lowest BCUT2D eigenvalue weighted by molar-refractivity contribution is -0.119. The van der Waals surface area contributed by atoms with Gasteiger partial charge in [-0.3, -0.25) is 4.79 Å². The minimum absolute atomic E-state index is 0.197. The van der Waals surface area contributed by atoms with Crippen LogP contribution in [-0.4, -0.2) is 17.5 Å². The smallest absolute Gasteiger partial charge is 0.132 e. The number of unbranched alkanes of at least 4 members (excludes halogenated alkanes) is 2. The number of hydrogen-bond donors (Lipinski definition) is 1. The Kier molecular flexibility index (Phi) is 7.47. The molecule has 0 saturated heterocycles. The van der Waals surface area contributed by atoms with Crippen LogP contribution in [0.1, 0.15) is 38.5 Å². The fourth-order valence-electron chi connectivity index (χ4n) is 0.881. The van der Waals surface area contributed by atoms with E-state index in [0.29, 0.717) is 18.6 Å². The van der Waals surface area contributed by atoms with Crippen molar-refractivity contribution in [2.45, 2.75) is 38.5 Å². The zero-order valence-electron chi connectivity index (χ0n) is 7.01. The van der Waals surface area contributed by atoms with Crippen LogP contribution in [-0.2, 0) is 4.79 Å². The first kappa shape index (κ1) is 10.6. The maximum absolute atomic E-state index is 11.0. The van der Waals surface area contributed by atoms with Gasteiger partial charge in [-0.15, -0.1) is 0 Å². The first-order valence-corrected chi connectivity index (χ1v) is 4.23. The number of Topliss-reactive ketones (excluding diaryl/α,β-unsaturated/α-hetero) is 1. The van der Waals surface area contributed by atoms with Crippen molar-refractivity contribution in [2.75, 3.05) is 6.61 Å². The van der Waals surface area contributed by atoms with Crippen molar-refractivity contribution < 1.29 is 9.90 Å². The molecule has 1 N–H and O–H groups in total. The van der Waals surface area contributed by atoms with Crippen molar-refractivity contribution in [2.24, 2.45) is 0 Å². The summed E-state index contributed by atoms with van der Waals surface area (Å²) in [7, 11) is 0. The molecule has 2 nitrogen and oxygen atoms in total. The third kappa shape index (κ3) is 7.53. The molecule has 0 saturated carbocycles. The van der Waals surface area contributed by atoms with Gasteiger partial charge in [0.1, 0.15) is 5.78 Å². The molecule has 0 unspecified atom stereocenters. The lowest BCUT2D eigenvalue weighted by Gasteiger charge is -1.97. The van der Waals surface area contributed by atoms with Crippen LogP contribution in [0.2, 0.25) is 0 Å². The molecule has 0 amide bonds. The van der Waals surface area contributed by atoms with Crippen LogP contribution >= 0.6 is 0 Å². The molecule has 0 spiro atoms. The van der Waals surface area contributed by atoms with Gasteiger partial charge in [0.05, 0.1) is 0 Å². The Morgan fingerprint density at radius 3 is 2.36 bits per heavy atom. The fraction of sp³-hybridized carbons (Fsp3) is 0.778. The van der Waals surface area contributed by atoms with Gasteiger partial charge in [0, 0.05) is 19.4 Å². The molecule has 0 aromatic heterocycles. The number of rotatable bonds is 7. The largest absolute Gasteiger partial charge is 0.396 e. The van der Waals surface area contributed by atoms with Crippen LogP contribution in [0.4, 0.5) is 0 Å². The first-order valence-electron chi connectivity index (χ1n) is 4.23. The van der Waals surface area contributed by atoms with Gasteiger partial charge in [-0.25, -0.2) is 0 Å². The standard InChI is InChI=1S/C9H17O2/c1-2-3-6-9(11)7-4-5-8-10/h10H,1-8H2. The first-order chi connectivity index (χ1) is 5.31. The highest BCUT2D eigenvalue weighted by molar-refractivity contribution is 5.78. The van der Waals surface area contributed by atoms with Crippen molar-refractivity contribution in [1.82, 2.24) is 0 Å². The summed E-state index contributed by atoms with van der Waals surface area (Å²) in [5.74, 6) is 0.308. The minimum Gasteiger partial charge on any atom is -0.396 e. The average Bonchev–Trinajstić information content (AvgIpc) is 2.01. The second kappa shape index (κ2) is 7.73. The van der Waals surface area contributed by atoms with Crippen LogP contribution in [0.3, 0.4) is 0 Å². The van der Waals surface area contributed by atoms with Crippen molar-refractivity contribution in [3.8, 4) is 0 Å². The van der Waals surface area contributed by atoms with E-state index in [-0.39, 0.29) is 6.61 Å². The molecular weight excluding hydrogens is 140 g/mol. The molecule has 0 rings (SSSR count). The molecular formula is C9H17O2. The fourth-order valence-corrected chi connectivity index (χ4v) is 0.881. The van der Waals surface area contributed by atoms with Gasteiger partial charge in [0.25, 0.3) is 0 Å². The van der Waals surface area contributed by atoms with E-state index in [1.165, 1.54) is 0 Å². The van der Waals surface area contributed by atoms with Crippen molar-refractivity contribution >= 4 is 5.78 Å². The summed E-state index contributed by atoms with van der Waals surface area (Å²) in [5, 5.41) is 8.43. The zero-order chi connectivity index (χ0) is 8.53. The van der Waals surface area contributed by atoms with Crippen LogP contribution in [0, 0.1) is 6.92 Å².